The van der Waals surface area contributed by atoms with Gasteiger partial charge in [0.1, 0.15) is 4.90 Å². The van der Waals surface area contributed by atoms with Gasteiger partial charge in [-0.15, -0.1) is 0 Å². The fraction of sp³-hybridized carbons (Fsp3) is 0.600. The number of rotatable bonds is 3. The third kappa shape index (κ3) is 3.00. The molecule has 19 heavy (non-hydrogen) atoms. The first kappa shape index (κ1) is 14.1. The number of aromatic nitrogens is 2. The Morgan fingerprint density at radius 1 is 1.47 bits per heavy atom. The van der Waals surface area contributed by atoms with Gasteiger partial charge >= 0.3 is 0 Å². The topological polar surface area (TPSA) is 121 Å². The van der Waals surface area contributed by atoms with Crippen molar-refractivity contribution in [2.75, 3.05) is 18.5 Å². The maximum Gasteiger partial charge on any atom is 0.246 e. The van der Waals surface area contributed by atoms with Gasteiger partial charge in [0, 0.05) is 13.1 Å². The van der Waals surface area contributed by atoms with Crippen LogP contribution in [0.5, 0.6) is 0 Å². The molecule has 0 radical (unpaired) electrons. The first-order valence-corrected chi connectivity index (χ1v) is 7.30. The number of nitrogen functional groups attached to an aromatic ring is 1. The predicted octanol–water partition coefficient (Wildman–Crippen LogP) is -0.702. The molecule has 4 N–H and O–H groups in total. The molecule has 0 aliphatic carbocycles. The minimum absolute atomic E-state index is 0.01000. The van der Waals surface area contributed by atoms with E-state index in [4.69, 9.17) is 5.84 Å². The molecule has 1 atom stereocenters. The number of hydrogen-bond donors (Lipinski definition) is 3. The van der Waals surface area contributed by atoms with Gasteiger partial charge in [-0.05, 0) is 19.8 Å². The monoisotopic (exact) mass is 287 g/mol. The third-order valence-electron chi connectivity index (χ3n) is 3.03. The van der Waals surface area contributed by atoms with Gasteiger partial charge in [0.2, 0.25) is 16.0 Å². The number of anilines is 1. The summed E-state index contributed by atoms with van der Waals surface area (Å²) >= 11 is 0. The third-order valence-corrected chi connectivity index (χ3v) is 4.83. The minimum Gasteiger partial charge on any atom is -0.389 e. The van der Waals surface area contributed by atoms with Gasteiger partial charge < -0.3 is 5.11 Å². The molecule has 1 aliphatic rings. The summed E-state index contributed by atoms with van der Waals surface area (Å²) in [7, 11) is -3.68. The first-order valence-electron chi connectivity index (χ1n) is 5.86. The van der Waals surface area contributed by atoms with E-state index in [9.17, 15) is 13.5 Å². The quantitative estimate of drug-likeness (QED) is 0.496. The second-order valence-corrected chi connectivity index (χ2v) is 6.76. The number of aliphatic hydroxyl groups is 1. The molecule has 0 saturated carbocycles. The summed E-state index contributed by atoms with van der Waals surface area (Å²) in [5.74, 6) is 5.26. The number of hydrazine groups is 1. The van der Waals surface area contributed by atoms with Gasteiger partial charge in [-0.1, -0.05) is 0 Å². The van der Waals surface area contributed by atoms with Crippen molar-refractivity contribution in [3.05, 3.63) is 12.4 Å². The van der Waals surface area contributed by atoms with Crippen molar-refractivity contribution in [3.63, 3.8) is 0 Å². The number of hydrogen-bond acceptors (Lipinski definition) is 7. The highest BCUT2D eigenvalue weighted by molar-refractivity contribution is 7.89. The smallest absolute Gasteiger partial charge is 0.246 e. The molecule has 1 saturated heterocycles. The molecule has 0 spiro atoms. The van der Waals surface area contributed by atoms with Crippen LogP contribution in [0, 0.1) is 0 Å². The van der Waals surface area contributed by atoms with Crippen molar-refractivity contribution in [3.8, 4) is 0 Å². The van der Waals surface area contributed by atoms with Gasteiger partial charge in [0.05, 0.1) is 18.0 Å². The number of nitrogens with two attached hydrogens (primary N) is 1. The van der Waals surface area contributed by atoms with Crippen molar-refractivity contribution < 1.29 is 13.5 Å². The fourth-order valence-electron chi connectivity index (χ4n) is 2.05. The average Bonchev–Trinajstić information content (AvgIpc) is 2.37. The molecule has 0 aromatic carbocycles. The molecule has 106 valence electrons. The van der Waals surface area contributed by atoms with Crippen LogP contribution in [0.15, 0.2) is 17.3 Å². The lowest BCUT2D eigenvalue weighted by molar-refractivity contribution is 0.00939. The van der Waals surface area contributed by atoms with Crippen LogP contribution in [-0.4, -0.2) is 46.5 Å². The molecule has 1 fully saturated rings. The van der Waals surface area contributed by atoms with E-state index >= 15 is 0 Å². The first-order chi connectivity index (χ1) is 8.85. The molecule has 1 aromatic heterocycles. The molecule has 1 unspecified atom stereocenters. The van der Waals surface area contributed by atoms with Crippen molar-refractivity contribution in [2.24, 2.45) is 5.84 Å². The highest BCUT2D eigenvalue weighted by atomic mass is 32.2. The van der Waals surface area contributed by atoms with E-state index in [0.29, 0.717) is 19.4 Å². The number of piperidine rings is 1. The summed E-state index contributed by atoms with van der Waals surface area (Å²) in [5, 5.41) is 9.97. The van der Waals surface area contributed by atoms with E-state index in [-0.39, 0.29) is 17.4 Å². The van der Waals surface area contributed by atoms with Crippen LogP contribution in [0.2, 0.25) is 0 Å². The fourth-order valence-corrected chi connectivity index (χ4v) is 3.54. The average molecular weight is 287 g/mol. The van der Waals surface area contributed by atoms with Crippen LogP contribution >= 0.6 is 0 Å². The maximum absolute atomic E-state index is 12.4. The van der Waals surface area contributed by atoms with Crippen molar-refractivity contribution >= 4 is 16.0 Å². The van der Waals surface area contributed by atoms with E-state index in [1.165, 1.54) is 16.7 Å². The van der Waals surface area contributed by atoms with Crippen LogP contribution in [-0.2, 0) is 10.0 Å². The van der Waals surface area contributed by atoms with Gasteiger partial charge in [0.25, 0.3) is 0 Å². The molecule has 1 aliphatic heterocycles. The zero-order chi connectivity index (χ0) is 14.1. The molecule has 2 heterocycles. The predicted molar refractivity (Wildman–Crippen MR) is 68.5 cm³/mol. The van der Waals surface area contributed by atoms with Crippen LogP contribution < -0.4 is 11.3 Å². The molecule has 8 nitrogen and oxygen atoms in total. The lowest BCUT2D eigenvalue weighted by Gasteiger charge is -2.35. The molecule has 2 rings (SSSR count). The zero-order valence-corrected chi connectivity index (χ0v) is 11.4. The second kappa shape index (κ2) is 5.00. The Labute approximate surface area is 111 Å². The summed E-state index contributed by atoms with van der Waals surface area (Å²) in [6.45, 7) is 2.09. The van der Waals surface area contributed by atoms with Crippen LogP contribution in [0.3, 0.4) is 0 Å². The number of β-amino-alcohol motifs (C(OH)–C–C–N with tert-alkyl or cyclic N) is 1. The Hall–Kier alpha value is -1.29. The Kier molecular flexibility index (Phi) is 3.72. The normalized spacial score (nSPS) is 25.2. The summed E-state index contributed by atoms with van der Waals surface area (Å²) in [5.41, 5.74) is 1.23. The van der Waals surface area contributed by atoms with E-state index in [2.05, 4.69) is 15.4 Å². The zero-order valence-electron chi connectivity index (χ0n) is 10.6. The number of nitrogens with zero attached hydrogens (tertiary/aromatic N) is 3. The molecular weight excluding hydrogens is 270 g/mol. The Bertz CT molecular complexity index is 543. The Morgan fingerprint density at radius 3 is 2.63 bits per heavy atom. The van der Waals surface area contributed by atoms with Gasteiger partial charge in [0.15, 0.2) is 0 Å². The standard InChI is InChI=1S/C10H17N5O3S/c1-10(16)3-2-4-15(7-10)19(17,18)8-5-12-9(14-11)13-6-8/h5-6,16H,2-4,7,11H2,1H3,(H,12,13,14). The molecule has 9 heteroatoms. The van der Waals surface area contributed by atoms with Crippen molar-refractivity contribution in [1.82, 2.24) is 14.3 Å². The Morgan fingerprint density at radius 2 is 2.11 bits per heavy atom. The van der Waals surface area contributed by atoms with Crippen LogP contribution in [0.1, 0.15) is 19.8 Å². The minimum atomic E-state index is -3.68. The molecular formula is C10H17N5O3S. The summed E-state index contributed by atoms with van der Waals surface area (Å²) in [6.07, 6.45) is 3.60. The van der Waals surface area contributed by atoms with Gasteiger partial charge in [-0.25, -0.2) is 24.2 Å². The van der Waals surface area contributed by atoms with E-state index < -0.39 is 15.6 Å². The summed E-state index contributed by atoms with van der Waals surface area (Å²) < 4.78 is 26.0. The van der Waals surface area contributed by atoms with Crippen LogP contribution in [0.4, 0.5) is 5.95 Å². The summed E-state index contributed by atoms with van der Waals surface area (Å²) in [4.78, 5) is 7.55. The highest BCUT2D eigenvalue weighted by Crippen LogP contribution is 2.25. The van der Waals surface area contributed by atoms with E-state index in [0.717, 1.165) is 0 Å². The molecule has 0 amide bonds. The van der Waals surface area contributed by atoms with E-state index in [1.54, 1.807) is 6.92 Å². The van der Waals surface area contributed by atoms with Crippen molar-refractivity contribution in [2.45, 2.75) is 30.3 Å². The summed E-state index contributed by atoms with van der Waals surface area (Å²) in [6, 6.07) is 0. The van der Waals surface area contributed by atoms with Gasteiger partial charge in [-0.3, -0.25) is 5.43 Å². The van der Waals surface area contributed by atoms with Crippen LogP contribution in [0.25, 0.3) is 0 Å². The SMILES string of the molecule is CC1(O)CCCN(S(=O)(=O)c2cnc(NN)nc2)C1. The van der Waals surface area contributed by atoms with E-state index in [1.807, 2.05) is 0 Å². The molecule has 1 aromatic rings. The number of nitrogens with one attached hydrogen (secondary N) is 1. The van der Waals surface area contributed by atoms with Gasteiger partial charge in [-0.2, -0.15) is 4.31 Å². The highest BCUT2D eigenvalue weighted by Gasteiger charge is 2.35. The molecule has 0 bridgehead atoms. The maximum atomic E-state index is 12.4. The number of sulfonamides is 1. The lowest BCUT2D eigenvalue weighted by Crippen LogP contribution is -2.48. The van der Waals surface area contributed by atoms with Crippen molar-refractivity contribution in [1.29, 1.82) is 0 Å². The largest absolute Gasteiger partial charge is 0.389 e. The second-order valence-electron chi connectivity index (χ2n) is 4.83. The Balaban J connectivity index is 2.26. The lowest BCUT2D eigenvalue weighted by atomic mass is 9.97.